The van der Waals surface area contributed by atoms with Gasteiger partial charge in [-0.3, -0.25) is 4.99 Å². The third-order valence-electron chi connectivity index (χ3n) is 2.51. The fraction of sp³-hybridized carbons (Fsp3) is 0.250. The molecule has 1 aliphatic carbocycles. The molecule has 0 fully saturated rings. The second-order valence-electron chi connectivity index (χ2n) is 3.68. The van der Waals surface area contributed by atoms with Crippen molar-refractivity contribution in [2.24, 2.45) is 4.99 Å². The van der Waals surface area contributed by atoms with E-state index in [1.165, 1.54) is 5.56 Å². The number of nitrogens with zero attached hydrogens (tertiary/aromatic N) is 1. The van der Waals surface area contributed by atoms with Crippen molar-refractivity contribution in [1.82, 2.24) is 0 Å². The summed E-state index contributed by atoms with van der Waals surface area (Å²) in [5.74, 6) is 0. The molecule has 2 rings (SSSR count). The third kappa shape index (κ3) is 2.07. The molecule has 3 heteroatoms. The van der Waals surface area contributed by atoms with Gasteiger partial charge < -0.3 is 5.73 Å². The van der Waals surface area contributed by atoms with Crippen LogP contribution in [0.25, 0.3) is 6.08 Å². The molecule has 1 aromatic carbocycles. The van der Waals surface area contributed by atoms with Gasteiger partial charge in [0.1, 0.15) is 0 Å². The van der Waals surface area contributed by atoms with E-state index in [9.17, 15) is 0 Å². The molecule has 0 saturated heterocycles. The third-order valence-corrected chi connectivity index (χ3v) is 2.62. The summed E-state index contributed by atoms with van der Waals surface area (Å²) in [5.41, 5.74) is 9.10. The van der Waals surface area contributed by atoms with E-state index in [-0.39, 0.29) is 6.04 Å². The predicted octanol–water partition coefficient (Wildman–Crippen LogP) is 3.08. The average molecular weight is 218 g/mol. The van der Waals surface area contributed by atoms with Crippen LogP contribution in [0.3, 0.4) is 0 Å². The number of thiol groups is 1. The lowest BCUT2D eigenvalue weighted by molar-refractivity contribution is 0.740. The van der Waals surface area contributed by atoms with Gasteiger partial charge in [-0.1, -0.05) is 24.3 Å². The smallest absolute Gasteiger partial charge is 0.0818 e. The van der Waals surface area contributed by atoms with Gasteiger partial charge in [-0.05, 0) is 25.0 Å². The van der Waals surface area contributed by atoms with Crippen molar-refractivity contribution in [3.63, 3.8) is 0 Å². The summed E-state index contributed by atoms with van der Waals surface area (Å²) in [6, 6.07) is 6.09. The van der Waals surface area contributed by atoms with Crippen LogP contribution in [-0.2, 0) is 0 Å². The Balaban J connectivity index is 2.50. The van der Waals surface area contributed by atoms with Crippen molar-refractivity contribution in [2.45, 2.75) is 19.4 Å². The zero-order valence-corrected chi connectivity index (χ0v) is 9.54. The lowest BCUT2D eigenvalue weighted by Crippen LogP contribution is -2.06. The molecule has 0 spiro atoms. The first-order valence-electron chi connectivity index (χ1n) is 4.97. The first kappa shape index (κ1) is 10.3. The minimum Gasteiger partial charge on any atom is -0.398 e. The highest BCUT2D eigenvalue weighted by molar-refractivity contribution is 7.96. The van der Waals surface area contributed by atoms with Crippen molar-refractivity contribution in [1.29, 1.82) is 0 Å². The topological polar surface area (TPSA) is 38.4 Å². The summed E-state index contributed by atoms with van der Waals surface area (Å²) in [6.45, 7) is 1.89. The van der Waals surface area contributed by atoms with Gasteiger partial charge in [0.05, 0.1) is 11.1 Å². The molecule has 15 heavy (non-hydrogen) atoms. The Hall–Kier alpha value is -1.22. The first-order valence-corrected chi connectivity index (χ1v) is 5.41. The van der Waals surface area contributed by atoms with E-state index >= 15 is 0 Å². The second kappa shape index (κ2) is 4.11. The molecule has 1 atom stereocenters. The number of hydrogen-bond acceptors (Lipinski definition) is 2. The predicted molar refractivity (Wildman–Crippen MR) is 69.3 cm³/mol. The molecule has 0 aliphatic heterocycles. The van der Waals surface area contributed by atoms with Crippen LogP contribution in [0, 0.1) is 0 Å². The second-order valence-corrected chi connectivity index (χ2v) is 4.33. The van der Waals surface area contributed by atoms with Crippen molar-refractivity contribution in [2.75, 3.05) is 5.73 Å². The van der Waals surface area contributed by atoms with Crippen molar-refractivity contribution in [3.8, 4) is 0 Å². The van der Waals surface area contributed by atoms with Crippen LogP contribution in [0.2, 0.25) is 0 Å². The number of hydrogen-bond donors (Lipinski definition) is 2. The van der Waals surface area contributed by atoms with E-state index in [2.05, 4.69) is 35.8 Å². The standard InChI is InChI=1S/C12H14N2S/c1-8(15)14-11-7-3-5-9-4-2-6-10(13)12(9)11/h2-6,11H,7,13H2,1H3,(H,14,15). The number of rotatable bonds is 1. The number of anilines is 1. The highest BCUT2D eigenvalue weighted by Crippen LogP contribution is 2.35. The summed E-state index contributed by atoms with van der Waals surface area (Å²) in [6.07, 6.45) is 5.14. The maximum Gasteiger partial charge on any atom is 0.0818 e. The zero-order valence-electron chi connectivity index (χ0n) is 8.64. The Bertz CT molecular complexity index is 431. The number of benzene rings is 1. The highest BCUT2D eigenvalue weighted by Gasteiger charge is 2.18. The number of aliphatic imine (C=N–C) groups is 1. The van der Waals surface area contributed by atoms with E-state index in [0.717, 1.165) is 22.7 Å². The van der Waals surface area contributed by atoms with E-state index in [4.69, 9.17) is 5.73 Å². The summed E-state index contributed by atoms with van der Waals surface area (Å²) in [4.78, 5) is 4.49. The van der Waals surface area contributed by atoms with Crippen LogP contribution in [0.1, 0.15) is 30.5 Å². The molecule has 78 valence electrons. The maximum absolute atomic E-state index is 5.98. The van der Waals surface area contributed by atoms with Gasteiger partial charge in [0.15, 0.2) is 0 Å². The molecule has 0 amide bonds. The Kier molecular flexibility index (Phi) is 2.82. The van der Waals surface area contributed by atoms with Crippen LogP contribution in [0.5, 0.6) is 0 Å². The molecule has 0 aromatic heterocycles. The summed E-state index contributed by atoms with van der Waals surface area (Å²) in [7, 11) is 0. The summed E-state index contributed by atoms with van der Waals surface area (Å²) < 4.78 is 0. The maximum atomic E-state index is 5.98. The molecule has 1 aromatic rings. The summed E-state index contributed by atoms with van der Waals surface area (Å²) in [5, 5.41) is 0.796. The molecule has 0 radical (unpaired) electrons. The first-order chi connectivity index (χ1) is 7.18. The lowest BCUT2D eigenvalue weighted by atomic mass is 9.92. The van der Waals surface area contributed by atoms with E-state index < -0.39 is 0 Å². The van der Waals surface area contributed by atoms with Crippen LogP contribution in [0.15, 0.2) is 29.3 Å². The van der Waals surface area contributed by atoms with Gasteiger partial charge in [-0.15, -0.1) is 12.6 Å². The largest absolute Gasteiger partial charge is 0.398 e. The van der Waals surface area contributed by atoms with Crippen LogP contribution >= 0.6 is 12.6 Å². The molecule has 1 unspecified atom stereocenters. The molecular weight excluding hydrogens is 204 g/mol. The molecule has 2 N–H and O–H groups in total. The molecule has 1 aliphatic rings. The molecule has 2 nitrogen and oxygen atoms in total. The van der Waals surface area contributed by atoms with Crippen LogP contribution < -0.4 is 5.73 Å². The monoisotopic (exact) mass is 218 g/mol. The summed E-state index contributed by atoms with van der Waals surface area (Å²) >= 11 is 4.22. The van der Waals surface area contributed by atoms with Crippen molar-refractivity contribution >= 4 is 29.4 Å². The Morgan fingerprint density at radius 1 is 1.53 bits per heavy atom. The van der Waals surface area contributed by atoms with Gasteiger partial charge in [-0.25, -0.2) is 0 Å². The normalized spacial score (nSPS) is 20.1. The highest BCUT2D eigenvalue weighted by atomic mass is 32.1. The number of nitrogens with two attached hydrogens (primary N) is 1. The van der Waals surface area contributed by atoms with Crippen molar-refractivity contribution < 1.29 is 0 Å². The van der Waals surface area contributed by atoms with E-state index in [1.54, 1.807) is 0 Å². The molecule has 0 bridgehead atoms. The van der Waals surface area contributed by atoms with E-state index in [1.807, 2.05) is 19.1 Å². The van der Waals surface area contributed by atoms with E-state index in [0.29, 0.717) is 0 Å². The van der Waals surface area contributed by atoms with Gasteiger partial charge in [0.2, 0.25) is 0 Å². The van der Waals surface area contributed by atoms with Crippen molar-refractivity contribution in [3.05, 3.63) is 35.4 Å². The average Bonchev–Trinajstić information content (AvgIpc) is 2.17. The van der Waals surface area contributed by atoms with Gasteiger partial charge in [-0.2, -0.15) is 0 Å². The SMILES string of the molecule is C/C(S)=N\C1CC=Cc2cccc(N)c21. The molecule has 0 heterocycles. The fourth-order valence-electron chi connectivity index (χ4n) is 1.92. The van der Waals surface area contributed by atoms with Gasteiger partial charge >= 0.3 is 0 Å². The fourth-order valence-corrected chi connectivity index (χ4v) is 2.06. The van der Waals surface area contributed by atoms with Gasteiger partial charge in [0.25, 0.3) is 0 Å². The van der Waals surface area contributed by atoms with Crippen LogP contribution in [-0.4, -0.2) is 5.04 Å². The minimum absolute atomic E-state index is 0.128. The zero-order chi connectivity index (χ0) is 10.8. The van der Waals surface area contributed by atoms with Gasteiger partial charge in [0, 0.05) is 11.3 Å². The molecule has 0 saturated carbocycles. The Labute approximate surface area is 95.3 Å². The quantitative estimate of drug-likeness (QED) is 0.323. The molecular formula is C12H14N2S. The minimum atomic E-state index is 0.128. The lowest BCUT2D eigenvalue weighted by Gasteiger charge is -2.20. The van der Waals surface area contributed by atoms with Crippen LogP contribution in [0.4, 0.5) is 5.69 Å². The Morgan fingerprint density at radius 3 is 3.07 bits per heavy atom. The number of fused-ring (bicyclic) bond motifs is 1. The Morgan fingerprint density at radius 2 is 2.33 bits per heavy atom. The number of nitrogen functional groups attached to an aromatic ring is 1.